The van der Waals surface area contributed by atoms with Crippen molar-refractivity contribution in [3.8, 4) is 22.5 Å². The van der Waals surface area contributed by atoms with E-state index in [1.54, 1.807) is 0 Å². The number of rotatable bonds is 11. The first-order chi connectivity index (χ1) is 17.3. The van der Waals surface area contributed by atoms with Crippen molar-refractivity contribution in [1.29, 1.82) is 0 Å². The number of hydrogen-bond acceptors (Lipinski definition) is 4. The summed E-state index contributed by atoms with van der Waals surface area (Å²) in [5.74, 6) is 1.35. The summed E-state index contributed by atoms with van der Waals surface area (Å²) in [6.07, 6.45) is 8.12. The Labute approximate surface area is 215 Å². The highest BCUT2D eigenvalue weighted by atomic mass is 16.5. The Morgan fingerprint density at radius 1 is 1.06 bits per heavy atom. The summed E-state index contributed by atoms with van der Waals surface area (Å²) in [5.41, 5.74) is 8.17. The molecule has 0 bridgehead atoms. The maximum absolute atomic E-state index is 12.0. The van der Waals surface area contributed by atoms with Crippen molar-refractivity contribution in [2.75, 3.05) is 6.61 Å². The lowest BCUT2D eigenvalue weighted by atomic mass is 9.90. The first-order valence-electron chi connectivity index (χ1n) is 13.3. The third-order valence-electron chi connectivity index (χ3n) is 7.37. The Kier molecular flexibility index (Phi) is 8.13. The molecule has 1 heterocycles. The number of ether oxygens (including phenoxy) is 1. The van der Waals surface area contributed by atoms with Gasteiger partial charge in [0.15, 0.2) is 5.76 Å². The van der Waals surface area contributed by atoms with Crippen molar-refractivity contribution in [3.63, 3.8) is 0 Å². The second-order valence-electron chi connectivity index (χ2n) is 10.7. The molecular formula is C32H39NO3. The van der Waals surface area contributed by atoms with E-state index in [1.807, 2.05) is 13.8 Å². The van der Waals surface area contributed by atoms with Crippen LogP contribution in [0.4, 0.5) is 0 Å². The molecule has 1 fully saturated rings. The van der Waals surface area contributed by atoms with E-state index in [0.717, 1.165) is 54.7 Å². The zero-order valence-electron chi connectivity index (χ0n) is 22.4. The number of hydrogen-bond donors (Lipinski definition) is 0. The van der Waals surface area contributed by atoms with Gasteiger partial charge in [0.25, 0.3) is 0 Å². The van der Waals surface area contributed by atoms with E-state index < -0.39 is 0 Å². The van der Waals surface area contributed by atoms with Gasteiger partial charge in [-0.3, -0.25) is 4.79 Å². The van der Waals surface area contributed by atoms with Crippen LogP contribution in [0.25, 0.3) is 22.5 Å². The minimum atomic E-state index is -0.0982. The molecule has 0 spiro atoms. The quantitative estimate of drug-likeness (QED) is 0.203. The molecule has 1 atom stereocenters. The van der Waals surface area contributed by atoms with Crippen LogP contribution >= 0.6 is 0 Å². The number of benzene rings is 2. The number of allylic oxidation sites excluding steroid dienone is 2. The van der Waals surface area contributed by atoms with Gasteiger partial charge in [0.05, 0.1) is 18.7 Å². The smallest absolute Gasteiger partial charge is 0.306 e. The highest BCUT2D eigenvalue weighted by molar-refractivity contribution is 5.73. The average molecular weight is 486 g/mol. The van der Waals surface area contributed by atoms with E-state index in [0.29, 0.717) is 18.9 Å². The molecule has 2 aromatic carbocycles. The Morgan fingerprint density at radius 3 is 2.25 bits per heavy atom. The molecule has 0 aliphatic heterocycles. The van der Waals surface area contributed by atoms with Crippen LogP contribution in [0.3, 0.4) is 0 Å². The van der Waals surface area contributed by atoms with Gasteiger partial charge in [-0.25, -0.2) is 0 Å². The molecular weight excluding hydrogens is 446 g/mol. The number of nitrogens with zero attached hydrogens (tertiary/aromatic N) is 1. The zero-order valence-corrected chi connectivity index (χ0v) is 22.4. The van der Waals surface area contributed by atoms with Crippen LogP contribution in [0.2, 0.25) is 0 Å². The van der Waals surface area contributed by atoms with Gasteiger partial charge in [0.1, 0.15) is 0 Å². The van der Waals surface area contributed by atoms with Gasteiger partial charge in [-0.2, -0.15) is 0 Å². The van der Waals surface area contributed by atoms with Gasteiger partial charge in [-0.15, -0.1) is 0 Å². The number of aromatic nitrogens is 1. The molecule has 0 radical (unpaired) electrons. The second-order valence-corrected chi connectivity index (χ2v) is 10.7. The third kappa shape index (κ3) is 6.16. The summed E-state index contributed by atoms with van der Waals surface area (Å²) in [7, 11) is 0. The van der Waals surface area contributed by atoms with Crippen LogP contribution in [0.15, 0.2) is 64.7 Å². The van der Waals surface area contributed by atoms with E-state index in [9.17, 15) is 4.79 Å². The number of esters is 1. The maximum atomic E-state index is 12.0. The molecule has 4 heteroatoms. The van der Waals surface area contributed by atoms with Gasteiger partial charge in [-0.05, 0) is 82.4 Å². The summed E-state index contributed by atoms with van der Waals surface area (Å²) >= 11 is 0. The summed E-state index contributed by atoms with van der Waals surface area (Å²) in [4.78, 5) is 12.0. The van der Waals surface area contributed by atoms with Crippen molar-refractivity contribution in [2.24, 2.45) is 5.92 Å². The normalized spacial score (nSPS) is 14.8. The van der Waals surface area contributed by atoms with Gasteiger partial charge < -0.3 is 9.26 Å². The predicted octanol–water partition coefficient (Wildman–Crippen LogP) is 8.23. The number of carbonyl (C=O) groups is 1. The first kappa shape index (κ1) is 25.9. The lowest BCUT2D eigenvalue weighted by Crippen LogP contribution is -2.15. The van der Waals surface area contributed by atoms with E-state index in [1.165, 1.54) is 22.3 Å². The lowest BCUT2D eigenvalue weighted by molar-refractivity contribution is -0.143. The van der Waals surface area contributed by atoms with E-state index >= 15 is 0 Å². The average Bonchev–Trinajstić information content (AvgIpc) is 3.55. The second kappa shape index (κ2) is 11.3. The first-order valence-corrected chi connectivity index (χ1v) is 13.3. The Bertz CT molecular complexity index is 1190. The monoisotopic (exact) mass is 485 g/mol. The Hall–Kier alpha value is -3.14. The minimum absolute atomic E-state index is 0.0298. The van der Waals surface area contributed by atoms with Gasteiger partial charge in [0.2, 0.25) is 0 Å². The van der Waals surface area contributed by atoms with Crippen LogP contribution in [0.5, 0.6) is 0 Å². The summed E-state index contributed by atoms with van der Waals surface area (Å²) in [6.45, 7) is 10.9. The van der Waals surface area contributed by atoms with Gasteiger partial charge in [0, 0.05) is 16.5 Å². The van der Waals surface area contributed by atoms with Crippen molar-refractivity contribution in [3.05, 3.63) is 77.0 Å². The highest BCUT2D eigenvalue weighted by Crippen LogP contribution is 2.51. The van der Waals surface area contributed by atoms with Crippen LogP contribution in [-0.2, 0) is 21.4 Å². The minimum Gasteiger partial charge on any atom is -0.466 e. The fourth-order valence-corrected chi connectivity index (χ4v) is 5.00. The van der Waals surface area contributed by atoms with Crippen LogP contribution in [-0.4, -0.2) is 17.7 Å². The van der Waals surface area contributed by atoms with Crippen LogP contribution in [0.1, 0.15) is 76.6 Å². The molecule has 1 aliphatic carbocycles. The molecule has 1 unspecified atom stereocenters. The number of aryl methyl sites for hydroxylation is 1. The predicted molar refractivity (Wildman–Crippen MR) is 146 cm³/mol. The van der Waals surface area contributed by atoms with Crippen LogP contribution < -0.4 is 0 Å². The van der Waals surface area contributed by atoms with Crippen molar-refractivity contribution < 1.29 is 14.1 Å². The SMILES string of the molecule is CCOC(=O)CC1(c2ccc(-c3ccc(-c4onc(C)c4CC(C)CCC=C(C)C)cc3)cc2)CC1. The molecule has 1 aliphatic rings. The molecule has 1 saturated carbocycles. The Balaban J connectivity index is 1.45. The molecule has 0 amide bonds. The summed E-state index contributed by atoms with van der Waals surface area (Å²) in [6, 6.07) is 17.2. The van der Waals surface area contributed by atoms with Crippen molar-refractivity contribution in [1.82, 2.24) is 5.16 Å². The molecule has 4 rings (SSSR count). The summed E-state index contributed by atoms with van der Waals surface area (Å²) in [5, 5.41) is 4.29. The molecule has 190 valence electrons. The van der Waals surface area contributed by atoms with E-state index in [-0.39, 0.29) is 11.4 Å². The standard InChI is InChI=1S/C32H39NO3/c1-6-35-30(34)21-32(18-19-32)28-16-14-26(15-17-28)25-10-12-27(13-11-25)31-29(24(5)33-36-31)20-23(4)9-7-8-22(2)3/h8,10-17,23H,6-7,9,18-21H2,1-5H3. The zero-order chi connectivity index (χ0) is 25.7. The summed E-state index contributed by atoms with van der Waals surface area (Å²) < 4.78 is 11.0. The van der Waals surface area contributed by atoms with Crippen molar-refractivity contribution in [2.45, 2.75) is 78.6 Å². The molecule has 1 aromatic heterocycles. The highest BCUT2D eigenvalue weighted by Gasteiger charge is 2.46. The molecule has 3 aromatic rings. The van der Waals surface area contributed by atoms with E-state index in [4.69, 9.17) is 9.26 Å². The van der Waals surface area contributed by atoms with Gasteiger partial charge >= 0.3 is 5.97 Å². The van der Waals surface area contributed by atoms with E-state index in [2.05, 4.69) is 80.5 Å². The van der Waals surface area contributed by atoms with Gasteiger partial charge in [-0.1, -0.05) is 72.3 Å². The fourth-order valence-electron chi connectivity index (χ4n) is 5.00. The number of carbonyl (C=O) groups excluding carboxylic acids is 1. The molecule has 4 nitrogen and oxygen atoms in total. The van der Waals surface area contributed by atoms with Crippen LogP contribution in [0, 0.1) is 12.8 Å². The maximum Gasteiger partial charge on any atom is 0.306 e. The third-order valence-corrected chi connectivity index (χ3v) is 7.37. The lowest BCUT2D eigenvalue weighted by Gasteiger charge is -2.15. The van der Waals surface area contributed by atoms with Crippen molar-refractivity contribution >= 4 is 5.97 Å². The largest absolute Gasteiger partial charge is 0.466 e. The Morgan fingerprint density at radius 2 is 1.67 bits per heavy atom. The topological polar surface area (TPSA) is 52.3 Å². The fraction of sp³-hybridized carbons (Fsp3) is 0.438. The molecule has 36 heavy (non-hydrogen) atoms. The molecule has 0 saturated heterocycles. The molecule has 0 N–H and O–H groups in total.